The van der Waals surface area contributed by atoms with Crippen molar-refractivity contribution in [1.29, 1.82) is 0 Å². The fourth-order valence-corrected chi connectivity index (χ4v) is 1.15. The van der Waals surface area contributed by atoms with Gasteiger partial charge in [-0.25, -0.2) is 0 Å². The van der Waals surface area contributed by atoms with Gasteiger partial charge in [-0.15, -0.1) is 0 Å². The Morgan fingerprint density at radius 1 is 2.00 bits per heavy atom. The van der Waals surface area contributed by atoms with Gasteiger partial charge in [0, 0.05) is 5.75 Å². The number of hydrogen-bond donors (Lipinski definition) is 1. The Bertz CT molecular complexity index is 80.9. The first-order chi connectivity index (χ1) is 2.89. The molecule has 0 amide bonds. The molecule has 1 aliphatic rings. The average Bonchev–Trinajstić information content (AvgIpc) is 1.86. The standard InChI is InChI=1S/C3H4ClNS/c4-3-1-2-6-5-3/h1,5H,2H2. The number of rotatable bonds is 0. The Balaban J connectivity index is 2.45. The van der Waals surface area contributed by atoms with Gasteiger partial charge in [0.2, 0.25) is 0 Å². The number of halogens is 1. The average molecular weight is 122 g/mol. The highest BCUT2D eigenvalue weighted by atomic mass is 35.5. The van der Waals surface area contributed by atoms with E-state index in [1.807, 2.05) is 6.08 Å². The molecule has 1 nitrogen and oxygen atoms in total. The Morgan fingerprint density at radius 2 is 2.83 bits per heavy atom. The lowest BCUT2D eigenvalue weighted by Gasteiger charge is -1.84. The van der Waals surface area contributed by atoms with E-state index in [1.54, 1.807) is 11.9 Å². The molecular formula is C3H4ClNS. The minimum Gasteiger partial charge on any atom is -0.320 e. The maximum atomic E-state index is 5.44. The van der Waals surface area contributed by atoms with E-state index >= 15 is 0 Å². The summed E-state index contributed by atoms with van der Waals surface area (Å²) in [4.78, 5) is 0. The highest BCUT2D eigenvalue weighted by Crippen LogP contribution is 2.11. The Labute approximate surface area is 45.9 Å². The molecule has 0 unspecified atom stereocenters. The summed E-state index contributed by atoms with van der Waals surface area (Å²) in [6.45, 7) is 0. The second-order valence-corrected chi connectivity index (χ2v) is 2.20. The second kappa shape index (κ2) is 1.76. The van der Waals surface area contributed by atoms with Crippen molar-refractivity contribution in [1.82, 2.24) is 4.72 Å². The molecule has 1 rings (SSSR count). The molecule has 0 aromatic rings. The van der Waals surface area contributed by atoms with Crippen molar-refractivity contribution in [2.75, 3.05) is 5.75 Å². The first-order valence-corrected chi connectivity index (χ1v) is 2.99. The first-order valence-electron chi connectivity index (χ1n) is 1.63. The minimum atomic E-state index is 0.764. The third-order valence-corrected chi connectivity index (χ3v) is 1.57. The van der Waals surface area contributed by atoms with Gasteiger partial charge in [-0.1, -0.05) is 11.6 Å². The quantitative estimate of drug-likeness (QED) is 0.383. The number of nitrogens with one attached hydrogen (secondary N) is 1. The van der Waals surface area contributed by atoms with Crippen LogP contribution < -0.4 is 4.72 Å². The molecule has 0 bridgehead atoms. The van der Waals surface area contributed by atoms with Gasteiger partial charge in [0.15, 0.2) is 0 Å². The van der Waals surface area contributed by atoms with Gasteiger partial charge in [0.25, 0.3) is 0 Å². The molecule has 0 saturated carbocycles. The molecule has 6 heavy (non-hydrogen) atoms. The molecule has 0 aromatic heterocycles. The molecule has 3 heteroatoms. The zero-order valence-electron chi connectivity index (χ0n) is 3.07. The van der Waals surface area contributed by atoms with E-state index in [1.165, 1.54) is 0 Å². The fourth-order valence-electron chi connectivity index (χ4n) is 0.267. The monoisotopic (exact) mass is 121 g/mol. The molecule has 1 heterocycles. The molecule has 34 valence electrons. The fraction of sp³-hybridized carbons (Fsp3) is 0.333. The molecule has 0 saturated heterocycles. The van der Waals surface area contributed by atoms with Crippen LogP contribution in [-0.4, -0.2) is 5.75 Å². The van der Waals surface area contributed by atoms with Crippen molar-refractivity contribution in [2.45, 2.75) is 0 Å². The smallest absolute Gasteiger partial charge is 0.108 e. The van der Waals surface area contributed by atoms with E-state index in [0.717, 1.165) is 10.9 Å². The lowest BCUT2D eigenvalue weighted by Crippen LogP contribution is -1.86. The second-order valence-electron chi connectivity index (χ2n) is 0.965. The molecule has 0 aliphatic carbocycles. The van der Waals surface area contributed by atoms with Crippen LogP contribution in [0.15, 0.2) is 11.2 Å². The van der Waals surface area contributed by atoms with E-state index in [0.29, 0.717) is 0 Å². The van der Waals surface area contributed by atoms with Crippen molar-refractivity contribution in [3.63, 3.8) is 0 Å². The molecule has 0 spiro atoms. The topological polar surface area (TPSA) is 12.0 Å². The van der Waals surface area contributed by atoms with Crippen molar-refractivity contribution in [2.24, 2.45) is 0 Å². The largest absolute Gasteiger partial charge is 0.320 e. The van der Waals surface area contributed by atoms with E-state index in [2.05, 4.69) is 4.72 Å². The van der Waals surface area contributed by atoms with Crippen LogP contribution in [0.2, 0.25) is 0 Å². The molecule has 1 N–H and O–H groups in total. The summed E-state index contributed by atoms with van der Waals surface area (Å²) in [6, 6.07) is 0. The first kappa shape index (κ1) is 4.34. The number of hydrogen-bond acceptors (Lipinski definition) is 2. The van der Waals surface area contributed by atoms with Gasteiger partial charge in [-0.2, -0.15) is 0 Å². The Hall–Kier alpha value is 0.180. The summed E-state index contributed by atoms with van der Waals surface area (Å²) in [7, 11) is 0. The lowest BCUT2D eigenvalue weighted by molar-refractivity contribution is 1.40. The third kappa shape index (κ3) is 0.820. The zero-order chi connectivity index (χ0) is 4.41. The lowest BCUT2D eigenvalue weighted by atomic mass is 10.7. The molecule has 0 radical (unpaired) electrons. The van der Waals surface area contributed by atoms with Crippen LogP contribution in [0, 0.1) is 0 Å². The van der Waals surface area contributed by atoms with Crippen molar-refractivity contribution in [3.8, 4) is 0 Å². The molecule has 0 fully saturated rings. The Kier molecular flexibility index (Phi) is 1.27. The SMILES string of the molecule is ClC1=CCSN1. The molecule has 0 aromatic carbocycles. The third-order valence-electron chi connectivity index (χ3n) is 0.516. The van der Waals surface area contributed by atoms with E-state index in [-0.39, 0.29) is 0 Å². The zero-order valence-corrected chi connectivity index (χ0v) is 4.64. The summed E-state index contributed by atoms with van der Waals surface area (Å²) >= 11 is 7.05. The van der Waals surface area contributed by atoms with Gasteiger partial charge in [0.05, 0.1) is 0 Å². The molecule has 1 aliphatic heterocycles. The summed E-state index contributed by atoms with van der Waals surface area (Å²) < 4.78 is 2.86. The van der Waals surface area contributed by atoms with Crippen LogP contribution in [0.25, 0.3) is 0 Å². The maximum Gasteiger partial charge on any atom is 0.108 e. The van der Waals surface area contributed by atoms with Crippen molar-refractivity contribution >= 4 is 23.5 Å². The van der Waals surface area contributed by atoms with Gasteiger partial charge in [-0.3, -0.25) is 0 Å². The summed E-state index contributed by atoms with van der Waals surface area (Å²) in [5.41, 5.74) is 0. The molecule has 0 atom stereocenters. The van der Waals surface area contributed by atoms with Crippen LogP contribution in [0.1, 0.15) is 0 Å². The van der Waals surface area contributed by atoms with Gasteiger partial charge >= 0.3 is 0 Å². The van der Waals surface area contributed by atoms with Crippen LogP contribution in [0.3, 0.4) is 0 Å². The highest BCUT2D eigenvalue weighted by Gasteiger charge is 1.95. The molecular weight excluding hydrogens is 118 g/mol. The van der Waals surface area contributed by atoms with Crippen molar-refractivity contribution in [3.05, 3.63) is 11.2 Å². The normalized spacial score (nSPS) is 19.8. The van der Waals surface area contributed by atoms with Crippen LogP contribution in [0.5, 0.6) is 0 Å². The van der Waals surface area contributed by atoms with Crippen molar-refractivity contribution < 1.29 is 0 Å². The predicted molar refractivity (Wildman–Crippen MR) is 29.5 cm³/mol. The van der Waals surface area contributed by atoms with E-state index < -0.39 is 0 Å². The summed E-state index contributed by atoms with van der Waals surface area (Å²) in [6.07, 6.45) is 1.94. The van der Waals surface area contributed by atoms with E-state index in [9.17, 15) is 0 Å². The minimum absolute atomic E-state index is 0.764. The Morgan fingerprint density at radius 3 is 3.00 bits per heavy atom. The van der Waals surface area contributed by atoms with Crippen LogP contribution in [0.4, 0.5) is 0 Å². The van der Waals surface area contributed by atoms with Gasteiger partial charge in [-0.05, 0) is 18.0 Å². The van der Waals surface area contributed by atoms with Gasteiger partial charge < -0.3 is 4.72 Å². The summed E-state index contributed by atoms with van der Waals surface area (Å²) in [5, 5.41) is 0.764. The highest BCUT2D eigenvalue weighted by molar-refractivity contribution is 7.98. The van der Waals surface area contributed by atoms with Crippen LogP contribution >= 0.6 is 23.5 Å². The van der Waals surface area contributed by atoms with E-state index in [4.69, 9.17) is 11.6 Å². The predicted octanol–water partition coefficient (Wildman–Crippen LogP) is 1.32. The van der Waals surface area contributed by atoms with Gasteiger partial charge in [0.1, 0.15) is 5.16 Å². The summed E-state index contributed by atoms with van der Waals surface area (Å²) in [5.74, 6) is 0.999. The maximum absolute atomic E-state index is 5.44. The van der Waals surface area contributed by atoms with Crippen LogP contribution in [-0.2, 0) is 0 Å².